The van der Waals surface area contributed by atoms with E-state index in [1.54, 1.807) is 0 Å². The lowest BCUT2D eigenvalue weighted by Crippen LogP contribution is -2.42. The van der Waals surface area contributed by atoms with Gasteiger partial charge in [-0.3, -0.25) is 4.90 Å². The van der Waals surface area contributed by atoms with Gasteiger partial charge in [-0.2, -0.15) is 0 Å². The molecule has 2 rings (SSSR count). The molecule has 1 saturated carbocycles. The number of benzene rings is 1. The summed E-state index contributed by atoms with van der Waals surface area (Å²) in [4.78, 5) is 2.07. The highest BCUT2D eigenvalue weighted by molar-refractivity contribution is 5.19. The van der Waals surface area contributed by atoms with Crippen LogP contribution in [0, 0.1) is 23.4 Å². The van der Waals surface area contributed by atoms with E-state index in [1.165, 1.54) is 6.42 Å². The van der Waals surface area contributed by atoms with Crippen LogP contribution in [0.5, 0.6) is 0 Å². The van der Waals surface area contributed by atoms with Gasteiger partial charge in [0.1, 0.15) is 0 Å². The van der Waals surface area contributed by atoms with Crippen LogP contribution in [0.1, 0.15) is 31.2 Å². The molecule has 0 saturated heterocycles. The van der Waals surface area contributed by atoms with Crippen molar-refractivity contribution in [3.63, 3.8) is 0 Å². The molecule has 2 N–H and O–H groups in total. The van der Waals surface area contributed by atoms with Crippen LogP contribution in [0.15, 0.2) is 12.1 Å². The number of hydrogen-bond donors (Lipinski definition) is 1. The first-order chi connectivity index (χ1) is 9.52. The molecule has 20 heavy (non-hydrogen) atoms. The summed E-state index contributed by atoms with van der Waals surface area (Å²) in [6.07, 6.45) is 4.48. The monoisotopic (exact) mass is 286 g/mol. The molecule has 1 aromatic rings. The largest absolute Gasteiger partial charge is 0.330 e. The van der Waals surface area contributed by atoms with E-state index in [-0.39, 0.29) is 0 Å². The maximum absolute atomic E-state index is 13.2. The standard InChI is InChI=1S/C15H21F3N2/c1-20(14-5-3-2-4-11(14)8-19)9-10-6-12(16)15(18)13(17)7-10/h6-7,11,14H,2-5,8-9,19H2,1H3. The highest BCUT2D eigenvalue weighted by Crippen LogP contribution is 2.28. The lowest BCUT2D eigenvalue weighted by atomic mass is 9.83. The average Bonchev–Trinajstić information content (AvgIpc) is 2.44. The Kier molecular flexibility index (Phi) is 5.05. The Morgan fingerprint density at radius 1 is 1.15 bits per heavy atom. The lowest BCUT2D eigenvalue weighted by molar-refractivity contribution is 0.127. The molecule has 1 aliphatic rings. The Labute approximate surface area is 117 Å². The van der Waals surface area contributed by atoms with Crippen LogP contribution in [0.2, 0.25) is 0 Å². The third kappa shape index (κ3) is 3.33. The molecule has 1 aliphatic carbocycles. The van der Waals surface area contributed by atoms with Gasteiger partial charge in [0.05, 0.1) is 0 Å². The van der Waals surface area contributed by atoms with Gasteiger partial charge in [-0.15, -0.1) is 0 Å². The molecule has 5 heteroatoms. The van der Waals surface area contributed by atoms with E-state index in [4.69, 9.17) is 5.73 Å². The van der Waals surface area contributed by atoms with Crippen LogP contribution in [0.25, 0.3) is 0 Å². The highest BCUT2D eigenvalue weighted by Gasteiger charge is 2.27. The van der Waals surface area contributed by atoms with E-state index < -0.39 is 17.5 Å². The van der Waals surface area contributed by atoms with Gasteiger partial charge in [-0.05, 0) is 50.0 Å². The van der Waals surface area contributed by atoms with E-state index in [1.807, 2.05) is 7.05 Å². The molecule has 1 fully saturated rings. The second kappa shape index (κ2) is 6.59. The van der Waals surface area contributed by atoms with Gasteiger partial charge >= 0.3 is 0 Å². The fourth-order valence-corrected chi connectivity index (χ4v) is 3.15. The first-order valence-electron chi connectivity index (χ1n) is 7.06. The van der Waals surface area contributed by atoms with Crippen LogP contribution in [-0.4, -0.2) is 24.5 Å². The zero-order valence-electron chi connectivity index (χ0n) is 11.7. The van der Waals surface area contributed by atoms with E-state index in [0.29, 0.717) is 30.6 Å². The zero-order valence-corrected chi connectivity index (χ0v) is 11.7. The van der Waals surface area contributed by atoms with Crippen molar-refractivity contribution in [3.05, 3.63) is 35.1 Å². The van der Waals surface area contributed by atoms with Crippen molar-refractivity contribution in [1.82, 2.24) is 4.90 Å². The minimum atomic E-state index is -1.41. The van der Waals surface area contributed by atoms with Crippen LogP contribution in [-0.2, 0) is 6.54 Å². The third-order valence-corrected chi connectivity index (χ3v) is 4.21. The number of rotatable bonds is 4. The Morgan fingerprint density at radius 3 is 2.35 bits per heavy atom. The summed E-state index contributed by atoms with van der Waals surface area (Å²) < 4.78 is 39.4. The topological polar surface area (TPSA) is 29.3 Å². The molecule has 2 unspecified atom stereocenters. The highest BCUT2D eigenvalue weighted by atomic mass is 19.2. The zero-order chi connectivity index (χ0) is 14.7. The minimum Gasteiger partial charge on any atom is -0.330 e. The van der Waals surface area contributed by atoms with Crippen molar-refractivity contribution in [3.8, 4) is 0 Å². The Balaban J connectivity index is 2.08. The number of nitrogens with zero attached hydrogens (tertiary/aromatic N) is 1. The molecule has 0 amide bonds. The molecule has 0 spiro atoms. The van der Waals surface area contributed by atoms with Gasteiger partial charge in [-0.1, -0.05) is 12.8 Å². The molecular formula is C15H21F3N2. The first kappa shape index (κ1) is 15.3. The van der Waals surface area contributed by atoms with E-state index in [9.17, 15) is 13.2 Å². The number of halogens is 3. The summed E-state index contributed by atoms with van der Waals surface area (Å²) in [5, 5.41) is 0. The maximum Gasteiger partial charge on any atom is 0.194 e. The molecule has 1 aromatic carbocycles. The van der Waals surface area contributed by atoms with Gasteiger partial charge in [0.15, 0.2) is 17.5 Å². The predicted molar refractivity (Wildman–Crippen MR) is 72.6 cm³/mol. The van der Waals surface area contributed by atoms with Crippen molar-refractivity contribution in [2.75, 3.05) is 13.6 Å². The molecule has 0 heterocycles. The van der Waals surface area contributed by atoms with Gasteiger partial charge in [0.2, 0.25) is 0 Å². The summed E-state index contributed by atoms with van der Waals surface area (Å²) in [5.41, 5.74) is 6.25. The van der Waals surface area contributed by atoms with Crippen LogP contribution < -0.4 is 5.73 Å². The number of nitrogens with two attached hydrogens (primary N) is 1. The van der Waals surface area contributed by atoms with Crippen LogP contribution >= 0.6 is 0 Å². The van der Waals surface area contributed by atoms with Gasteiger partial charge < -0.3 is 5.73 Å². The smallest absolute Gasteiger partial charge is 0.194 e. The van der Waals surface area contributed by atoms with Crippen molar-refractivity contribution in [2.24, 2.45) is 11.7 Å². The van der Waals surface area contributed by atoms with Crippen molar-refractivity contribution < 1.29 is 13.2 Å². The van der Waals surface area contributed by atoms with Gasteiger partial charge in [0.25, 0.3) is 0 Å². The maximum atomic E-state index is 13.2. The van der Waals surface area contributed by atoms with Crippen LogP contribution in [0.3, 0.4) is 0 Å². The SMILES string of the molecule is CN(Cc1cc(F)c(F)c(F)c1)C1CCCCC1CN. The summed E-state index contributed by atoms with van der Waals surface area (Å²) in [6.45, 7) is 1.02. The molecule has 0 radical (unpaired) electrons. The summed E-state index contributed by atoms with van der Waals surface area (Å²) >= 11 is 0. The molecule has 2 atom stereocenters. The Morgan fingerprint density at radius 2 is 1.75 bits per heavy atom. The summed E-state index contributed by atoms with van der Waals surface area (Å²) in [6, 6.07) is 2.45. The predicted octanol–water partition coefficient (Wildman–Crippen LogP) is 3.05. The van der Waals surface area contributed by atoms with Gasteiger partial charge in [-0.25, -0.2) is 13.2 Å². The normalized spacial score (nSPS) is 23.3. The van der Waals surface area contributed by atoms with Gasteiger partial charge in [0, 0.05) is 12.6 Å². The van der Waals surface area contributed by atoms with Crippen LogP contribution in [0.4, 0.5) is 13.2 Å². The minimum absolute atomic E-state index is 0.324. The second-order valence-electron chi connectivity index (χ2n) is 5.64. The molecule has 2 nitrogen and oxygen atoms in total. The molecule has 0 aliphatic heterocycles. The second-order valence-corrected chi connectivity index (χ2v) is 5.64. The first-order valence-corrected chi connectivity index (χ1v) is 7.06. The van der Waals surface area contributed by atoms with Crippen molar-refractivity contribution >= 4 is 0 Å². The van der Waals surface area contributed by atoms with E-state index in [0.717, 1.165) is 31.4 Å². The molecule has 0 aromatic heterocycles. The van der Waals surface area contributed by atoms with E-state index in [2.05, 4.69) is 4.90 Å². The quantitative estimate of drug-likeness (QED) is 0.862. The van der Waals surface area contributed by atoms with Crippen molar-refractivity contribution in [2.45, 2.75) is 38.3 Å². The summed E-state index contributed by atoms with van der Waals surface area (Å²) in [5.74, 6) is -3.25. The van der Waals surface area contributed by atoms with E-state index >= 15 is 0 Å². The Bertz CT molecular complexity index is 441. The fraction of sp³-hybridized carbons (Fsp3) is 0.600. The molecular weight excluding hydrogens is 265 g/mol. The van der Waals surface area contributed by atoms with Crippen molar-refractivity contribution in [1.29, 1.82) is 0 Å². The third-order valence-electron chi connectivity index (χ3n) is 4.21. The summed E-state index contributed by atoms with van der Waals surface area (Å²) in [7, 11) is 1.93. The lowest BCUT2D eigenvalue weighted by Gasteiger charge is -2.37. The Hall–Kier alpha value is -1.07. The number of hydrogen-bond acceptors (Lipinski definition) is 2. The molecule has 0 bridgehead atoms. The fourth-order valence-electron chi connectivity index (χ4n) is 3.15. The molecule has 112 valence electrons. The average molecular weight is 286 g/mol.